The summed E-state index contributed by atoms with van der Waals surface area (Å²) in [6.45, 7) is 20.8. The molecule has 2 heterocycles. The van der Waals surface area contributed by atoms with Crippen molar-refractivity contribution in [1.82, 2.24) is 0 Å². The summed E-state index contributed by atoms with van der Waals surface area (Å²) >= 11 is 3.92. The molecule has 0 spiro atoms. The van der Waals surface area contributed by atoms with Gasteiger partial charge in [-0.25, -0.2) is 0 Å². The molecule has 0 saturated heterocycles. The fourth-order valence-electron chi connectivity index (χ4n) is 4.88. The van der Waals surface area contributed by atoms with Crippen molar-refractivity contribution < 1.29 is 4.74 Å². The standard InChI is InChI=1S/C26H32OS2Si/c1-9-13-27-22-20(26(4,5)6)11-10-12-21(22)30(7,8)25-18-14-16(2)28-23(18)24-19(25)15-17(3)29-24/h9-12,14-15,25H,1,13H2,2-8H3. The SMILES string of the molecule is C=CCOc1c(C(C)(C)C)cccc1[Si](C)(C)C1c2cc(C)sc2-c2sc(C)cc21. The molecule has 0 aliphatic heterocycles. The Morgan fingerprint density at radius 3 is 2.10 bits per heavy atom. The molecule has 30 heavy (non-hydrogen) atoms. The highest BCUT2D eigenvalue weighted by Crippen LogP contribution is 2.55. The number of para-hydroxylation sites is 1. The molecule has 3 aromatic rings. The van der Waals surface area contributed by atoms with Gasteiger partial charge in [-0.1, -0.05) is 64.7 Å². The van der Waals surface area contributed by atoms with Crippen molar-refractivity contribution in [2.75, 3.05) is 6.61 Å². The third-order valence-corrected chi connectivity index (χ3v) is 12.3. The number of benzene rings is 1. The maximum atomic E-state index is 6.40. The van der Waals surface area contributed by atoms with Crippen LogP contribution in [0.3, 0.4) is 0 Å². The smallest absolute Gasteiger partial charge is 0.122 e. The quantitative estimate of drug-likeness (QED) is 0.287. The largest absolute Gasteiger partial charge is 0.489 e. The van der Waals surface area contributed by atoms with Gasteiger partial charge in [0.25, 0.3) is 0 Å². The van der Waals surface area contributed by atoms with E-state index in [1.165, 1.54) is 30.3 Å². The number of thiophene rings is 2. The van der Waals surface area contributed by atoms with E-state index in [2.05, 4.69) is 84.6 Å². The van der Waals surface area contributed by atoms with Gasteiger partial charge in [0.05, 0.1) is 8.07 Å². The predicted molar refractivity (Wildman–Crippen MR) is 137 cm³/mol. The van der Waals surface area contributed by atoms with Crippen molar-refractivity contribution in [1.29, 1.82) is 0 Å². The number of ether oxygens (including phenoxy) is 1. The van der Waals surface area contributed by atoms with E-state index in [9.17, 15) is 0 Å². The van der Waals surface area contributed by atoms with Crippen molar-refractivity contribution in [2.24, 2.45) is 0 Å². The van der Waals surface area contributed by atoms with Crippen LogP contribution in [0.2, 0.25) is 13.1 Å². The molecule has 1 aromatic carbocycles. The molecule has 158 valence electrons. The monoisotopic (exact) mass is 452 g/mol. The Kier molecular flexibility index (Phi) is 5.40. The number of fused-ring (bicyclic) bond motifs is 3. The second-order valence-electron chi connectivity index (χ2n) is 9.97. The number of hydrogen-bond acceptors (Lipinski definition) is 3. The van der Waals surface area contributed by atoms with Crippen LogP contribution >= 0.6 is 22.7 Å². The van der Waals surface area contributed by atoms with Gasteiger partial charge in [-0.15, -0.1) is 22.7 Å². The van der Waals surface area contributed by atoms with Crippen molar-refractivity contribution in [3.8, 4) is 15.5 Å². The molecule has 0 saturated carbocycles. The van der Waals surface area contributed by atoms with Crippen LogP contribution < -0.4 is 9.92 Å². The zero-order chi connectivity index (χ0) is 21.8. The van der Waals surface area contributed by atoms with Crippen LogP contribution in [-0.2, 0) is 5.41 Å². The minimum Gasteiger partial charge on any atom is -0.489 e. The Morgan fingerprint density at radius 1 is 1.03 bits per heavy atom. The molecule has 1 aliphatic carbocycles. The van der Waals surface area contributed by atoms with E-state index in [1.54, 1.807) is 11.1 Å². The minimum absolute atomic E-state index is 0.0287. The Hall–Kier alpha value is -1.62. The number of rotatable bonds is 5. The van der Waals surface area contributed by atoms with Gasteiger partial charge in [-0.05, 0) is 53.3 Å². The minimum atomic E-state index is -1.97. The summed E-state index contributed by atoms with van der Waals surface area (Å²) in [5, 5.41) is 1.42. The molecular formula is C26H32OS2Si. The Labute approximate surface area is 190 Å². The highest BCUT2D eigenvalue weighted by molar-refractivity contribution is 7.23. The maximum Gasteiger partial charge on any atom is 0.122 e. The summed E-state index contributed by atoms with van der Waals surface area (Å²) in [6.07, 6.45) is 1.86. The second kappa shape index (κ2) is 7.51. The third kappa shape index (κ3) is 3.43. The molecule has 1 aliphatic rings. The summed E-state index contributed by atoms with van der Waals surface area (Å²) in [5.74, 6) is 1.09. The molecule has 4 heteroatoms. The van der Waals surface area contributed by atoms with Crippen LogP contribution in [0.4, 0.5) is 0 Å². The van der Waals surface area contributed by atoms with E-state index in [0.717, 1.165) is 5.75 Å². The lowest BCUT2D eigenvalue weighted by molar-refractivity contribution is 0.354. The fraction of sp³-hybridized carbons (Fsp3) is 0.385. The van der Waals surface area contributed by atoms with Crippen LogP contribution in [0.1, 0.15) is 52.8 Å². The molecular weight excluding hydrogens is 421 g/mol. The van der Waals surface area contributed by atoms with Gasteiger partial charge in [-0.2, -0.15) is 0 Å². The van der Waals surface area contributed by atoms with Gasteiger partial charge < -0.3 is 4.74 Å². The molecule has 4 rings (SSSR count). The van der Waals surface area contributed by atoms with E-state index in [-0.39, 0.29) is 5.41 Å². The summed E-state index contributed by atoms with van der Waals surface area (Å²) in [7, 11) is -1.97. The Balaban J connectivity index is 1.93. The molecule has 2 aromatic heterocycles. The van der Waals surface area contributed by atoms with E-state index >= 15 is 0 Å². The first kappa shape index (κ1) is 21.6. The van der Waals surface area contributed by atoms with Crippen molar-refractivity contribution >= 4 is 35.9 Å². The van der Waals surface area contributed by atoms with Crippen molar-refractivity contribution in [2.45, 2.75) is 58.7 Å². The van der Waals surface area contributed by atoms with Gasteiger partial charge in [0.1, 0.15) is 12.4 Å². The van der Waals surface area contributed by atoms with E-state index in [0.29, 0.717) is 12.1 Å². The van der Waals surface area contributed by atoms with E-state index in [4.69, 9.17) is 4.74 Å². The molecule has 1 nitrogen and oxygen atoms in total. The molecule has 0 fully saturated rings. The predicted octanol–water partition coefficient (Wildman–Crippen LogP) is 7.56. The fourth-order valence-corrected chi connectivity index (χ4v) is 11.0. The first-order chi connectivity index (χ1) is 14.1. The van der Waals surface area contributed by atoms with Crippen LogP contribution in [0, 0.1) is 13.8 Å². The summed E-state index contributed by atoms with van der Waals surface area (Å²) < 4.78 is 6.40. The zero-order valence-electron chi connectivity index (χ0n) is 19.2. The van der Waals surface area contributed by atoms with Gasteiger partial charge >= 0.3 is 0 Å². The average Bonchev–Trinajstić information content (AvgIpc) is 3.27. The highest BCUT2D eigenvalue weighted by atomic mass is 32.1. The second-order valence-corrected chi connectivity index (χ2v) is 17.0. The van der Waals surface area contributed by atoms with Crippen LogP contribution in [0.15, 0.2) is 43.0 Å². The molecule has 0 unspecified atom stereocenters. The first-order valence-electron chi connectivity index (χ1n) is 10.6. The number of hydrogen-bond donors (Lipinski definition) is 0. The molecule has 0 amide bonds. The number of aryl methyl sites for hydroxylation is 2. The van der Waals surface area contributed by atoms with Crippen molar-refractivity contribution in [3.05, 3.63) is 69.4 Å². The molecule has 0 N–H and O–H groups in total. The average molecular weight is 453 g/mol. The normalized spacial score (nSPS) is 14.0. The van der Waals surface area contributed by atoms with Gasteiger partial charge in [-0.3, -0.25) is 0 Å². The van der Waals surface area contributed by atoms with Gasteiger partial charge in [0.2, 0.25) is 0 Å². The highest BCUT2D eigenvalue weighted by Gasteiger charge is 2.45. The van der Waals surface area contributed by atoms with E-state index in [1.807, 2.05) is 28.7 Å². The lowest BCUT2D eigenvalue weighted by Gasteiger charge is -2.35. The lowest BCUT2D eigenvalue weighted by Crippen LogP contribution is -2.48. The summed E-state index contributed by atoms with van der Waals surface area (Å²) in [4.78, 5) is 5.84. The summed E-state index contributed by atoms with van der Waals surface area (Å²) in [6, 6.07) is 11.7. The Bertz CT molecular complexity index is 1060. The van der Waals surface area contributed by atoms with Gasteiger partial charge in [0.15, 0.2) is 0 Å². The van der Waals surface area contributed by atoms with Crippen LogP contribution in [0.5, 0.6) is 5.75 Å². The molecule has 0 atom stereocenters. The summed E-state index contributed by atoms with van der Waals surface area (Å²) in [5.41, 5.74) is 4.89. The lowest BCUT2D eigenvalue weighted by atomic mass is 9.86. The topological polar surface area (TPSA) is 9.23 Å². The van der Waals surface area contributed by atoms with Crippen LogP contribution in [-0.4, -0.2) is 14.7 Å². The molecule has 0 bridgehead atoms. The maximum absolute atomic E-state index is 6.40. The first-order valence-corrected chi connectivity index (χ1v) is 15.4. The zero-order valence-corrected chi connectivity index (χ0v) is 21.8. The third-order valence-electron chi connectivity index (χ3n) is 6.18. The van der Waals surface area contributed by atoms with Crippen molar-refractivity contribution in [3.63, 3.8) is 0 Å². The van der Waals surface area contributed by atoms with E-state index < -0.39 is 8.07 Å². The Morgan fingerprint density at radius 2 is 1.60 bits per heavy atom. The van der Waals surface area contributed by atoms with Crippen LogP contribution in [0.25, 0.3) is 9.75 Å². The molecule has 0 radical (unpaired) electrons. The van der Waals surface area contributed by atoms with Gasteiger partial charge in [0, 0.05) is 25.0 Å².